The van der Waals surface area contributed by atoms with Crippen LogP contribution in [-0.2, 0) is 6.54 Å². The number of hydrogen-bond acceptors (Lipinski definition) is 1. The van der Waals surface area contributed by atoms with E-state index in [1.165, 1.54) is 5.56 Å². The van der Waals surface area contributed by atoms with E-state index in [9.17, 15) is 0 Å². The molecule has 18 heavy (non-hydrogen) atoms. The van der Waals surface area contributed by atoms with Crippen molar-refractivity contribution in [2.45, 2.75) is 6.54 Å². The van der Waals surface area contributed by atoms with Crippen LogP contribution in [0.25, 0.3) is 11.0 Å². The number of nitrogens with zero attached hydrogens (tertiary/aromatic N) is 2. The van der Waals surface area contributed by atoms with E-state index in [0.717, 1.165) is 27.1 Å². The maximum Gasteiger partial charge on any atom is 0.0961 e. The molecule has 0 atom stereocenters. The van der Waals surface area contributed by atoms with Crippen LogP contribution in [0.15, 0.2) is 53.3 Å². The lowest BCUT2D eigenvalue weighted by Crippen LogP contribution is -1.97. The Bertz CT molecular complexity index is 689. The first kappa shape index (κ1) is 11.8. The summed E-state index contributed by atoms with van der Waals surface area (Å²) in [4.78, 5) is 4.36. The molecule has 4 heteroatoms. The average molecular weight is 322 g/mol. The highest BCUT2D eigenvalue weighted by Gasteiger charge is 2.03. The lowest BCUT2D eigenvalue weighted by Gasteiger charge is -2.04. The van der Waals surface area contributed by atoms with Gasteiger partial charge in [0.15, 0.2) is 0 Å². The second kappa shape index (κ2) is 4.75. The van der Waals surface area contributed by atoms with Gasteiger partial charge in [-0.25, -0.2) is 4.98 Å². The Kier molecular flexibility index (Phi) is 3.10. The summed E-state index contributed by atoms with van der Waals surface area (Å²) in [6, 6.07) is 14.1. The van der Waals surface area contributed by atoms with Crippen LogP contribution < -0.4 is 0 Å². The SMILES string of the molecule is Clc1ccc2c(c1)ncn2Cc1ccc(Br)cc1. The van der Waals surface area contributed by atoms with Crippen LogP contribution in [0.1, 0.15) is 5.56 Å². The largest absolute Gasteiger partial charge is 0.326 e. The third-order valence-corrected chi connectivity index (χ3v) is 3.61. The molecule has 0 aliphatic heterocycles. The fourth-order valence-electron chi connectivity index (χ4n) is 1.95. The highest BCUT2D eigenvalue weighted by molar-refractivity contribution is 9.10. The molecule has 3 rings (SSSR count). The average Bonchev–Trinajstić information content (AvgIpc) is 2.74. The first-order valence-corrected chi connectivity index (χ1v) is 6.74. The molecule has 0 spiro atoms. The summed E-state index contributed by atoms with van der Waals surface area (Å²) in [5.41, 5.74) is 3.27. The molecule has 0 amide bonds. The summed E-state index contributed by atoms with van der Waals surface area (Å²) in [6.07, 6.45) is 1.85. The van der Waals surface area contributed by atoms with E-state index in [4.69, 9.17) is 11.6 Å². The second-order valence-corrected chi connectivity index (χ2v) is 5.48. The molecule has 2 aromatic carbocycles. The monoisotopic (exact) mass is 320 g/mol. The van der Waals surface area contributed by atoms with Crippen LogP contribution in [0.4, 0.5) is 0 Å². The molecule has 0 bridgehead atoms. The van der Waals surface area contributed by atoms with E-state index in [1.54, 1.807) is 0 Å². The predicted molar refractivity (Wildman–Crippen MR) is 78.0 cm³/mol. The maximum absolute atomic E-state index is 5.95. The van der Waals surface area contributed by atoms with Gasteiger partial charge in [-0.1, -0.05) is 39.7 Å². The van der Waals surface area contributed by atoms with Crippen LogP contribution in [0.5, 0.6) is 0 Å². The molecule has 0 aliphatic carbocycles. The van der Waals surface area contributed by atoms with Crippen molar-refractivity contribution in [2.75, 3.05) is 0 Å². The van der Waals surface area contributed by atoms with Crippen molar-refractivity contribution >= 4 is 38.6 Å². The van der Waals surface area contributed by atoms with Gasteiger partial charge in [-0.15, -0.1) is 0 Å². The smallest absolute Gasteiger partial charge is 0.0961 e. The summed E-state index contributed by atoms with van der Waals surface area (Å²) >= 11 is 9.39. The van der Waals surface area contributed by atoms with Crippen molar-refractivity contribution in [2.24, 2.45) is 0 Å². The van der Waals surface area contributed by atoms with Crippen molar-refractivity contribution in [3.63, 3.8) is 0 Å². The minimum absolute atomic E-state index is 0.719. The van der Waals surface area contributed by atoms with Gasteiger partial charge < -0.3 is 4.57 Å². The highest BCUT2D eigenvalue weighted by atomic mass is 79.9. The van der Waals surface area contributed by atoms with Crippen LogP contribution in [0, 0.1) is 0 Å². The van der Waals surface area contributed by atoms with E-state index < -0.39 is 0 Å². The molecule has 0 unspecified atom stereocenters. The van der Waals surface area contributed by atoms with Crippen molar-refractivity contribution in [3.8, 4) is 0 Å². The highest BCUT2D eigenvalue weighted by Crippen LogP contribution is 2.19. The van der Waals surface area contributed by atoms with Crippen molar-refractivity contribution in [1.29, 1.82) is 0 Å². The molecule has 0 N–H and O–H groups in total. The Labute approximate surface area is 118 Å². The van der Waals surface area contributed by atoms with E-state index in [1.807, 2.05) is 36.7 Å². The number of halogens is 2. The molecule has 0 saturated carbocycles. The molecule has 0 aliphatic rings. The quantitative estimate of drug-likeness (QED) is 0.679. The standard InChI is InChI=1S/C14H10BrClN2/c15-11-3-1-10(2-4-11)8-18-9-17-13-7-12(16)5-6-14(13)18/h1-7,9H,8H2. The van der Waals surface area contributed by atoms with Gasteiger partial charge in [0.05, 0.1) is 17.4 Å². The lowest BCUT2D eigenvalue weighted by atomic mass is 10.2. The summed E-state index contributed by atoms with van der Waals surface area (Å²) < 4.78 is 3.21. The van der Waals surface area contributed by atoms with Crippen LogP contribution >= 0.6 is 27.5 Å². The molecule has 3 aromatic rings. The van der Waals surface area contributed by atoms with Gasteiger partial charge in [0.25, 0.3) is 0 Å². The van der Waals surface area contributed by atoms with Gasteiger partial charge >= 0.3 is 0 Å². The van der Waals surface area contributed by atoms with E-state index in [0.29, 0.717) is 0 Å². The van der Waals surface area contributed by atoms with E-state index in [-0.39, 0.29) is 0 Å². The molecule has 0 saturated heterocycles. The minimum atomic E-state index is 0.719. The van der Waals surface area contributed by atoms with Crippen molar-refractivity contribution < 1.29 is 0 Å². The molecule has 2 nitrogen and oxygen atoms in total. The zero-order valence-electron chi connectivity index (χ0n) is 9.48. The fraction of sp³-hybridized carbons (Fsp3) is 0.0714. The molecular weight excluding hydrogens is 312 g/mol. The summed E-state index contributed by atoms with van der Waals surface area (Å²) in [7, 11) is 0. The predicted octanol–water partition coefficient (Wildman–Crippen LogP) is 4.50. The molecule has 90 valence electrons. The summed E-state index contributed by atoms with van der Waals surface area (Å²) in [6.45, 7) is 0.811. The Morgan fingerprint density at radius 1 is 1.11 bits per heavy atom. The third-order valence-electron chi connectivity index (χ3n) is 2.85. The molecule has 1 aromatic heterocycles. The zero-order chi connectivity index (χ0) is 12.5. The Balaban J connectivity index is 1.97. The molecule has 0 fully saturated rings. The molecular formula is C14H10BrClN2. The number of benzene rings is 2. The van der Waals surface area contributed by atoms with Crippen molar-refractivity contribution in [1.82, 2.24) is 9.55 Å². The first-order chi connectivity index (χ1) is 8.72. The molecule has 1 heterocycles. The number of aromatic nitrogens is 2. The number of fused-ring (bicyclic) bond motifs is 1. The van der Waals surface area contributed by atoms with Gasteiger partial charge in [0.2, 0.25) is 0 Å². The zero-order valence-corrected chi connectivity index (χ0v) is 11.8. The van der Waals surface area contributed by atoms with Gasteiger partial charge in [-0.2, -0.15) is 0 Å². The van der Waals surface area contributed by atoms with Gasteiger partial charge in [0, 0.05) is 16.0 Å². The van der Waals surface area contributed by atoms with Gasteiger partial charge in [-0.05, 0) is 35.9 Å². The number of hydrogen-bond donors (Lipinski definition) is 0. The van der Waals surface area contributed by atoms with Crippen molar-refractivity contribution in [3.05, 3.63) is 63.9 Å². The topological polar surface area (TPSA) is 17.8 Å². The fourth-order valence-corrected chi connectivity index (χ4v) is 2.38. The first-order valence-electron chi connectivity index (χ1n) is 5.57. The van der Waals surface area contributed by atoms with Gasteiger partial charge in [0.1, 0.15) is 0 Å². The van der Waals surface area contributed by atoms with Crippen LogP contribution in [0.2, 0.25) is 5.02 Å². The minimum Gasteiger partial charge on any atom is -0.326 e. The molecule has 0 radical (unpaired) electrons. The number of imidazole rings is 1. The Hall–Kier alpha value is -1.32. The number of rotatable bonds is 2. The van der Waals surface area contributed by atoms with Gasteiger partial charge in [-0.3, -0.25) is 0 Å². The van der Waals surface area contributed by atoms with Crippen LogP contribution in [0.3, 0.4) is 0 Å². The Morgan fingerprint density at radius 2 is 1.89 bits per heavy atom. The second-order valence-electron chi connectivity index (χ2n) is 4.13. The summed E-state index contributed by atoms with van der Waals surface area (Å²) in [5, 5.41) is 0.719. The summed E-state index contributed by atoms with van der Waals surface area (Å²) in [5.74, 6) is 0. The van der Waals surface area contributed by atoms with Crippen LogP contribution in [-0.4, -0.2) is 9.55 Å². The van der Waals surface area contributed by atoms with E-state index >= 15 is 0 Å². The normalized spacial score (nSPS) is 11.0. The lowest BCUT2D eigenvalue weighted by molar-refractivity contribution is 0.824. The third kappa shape index (κ3) is 2.28. The van der Waals surface area contributed by atoms with E-state index in [2.05, 4.69) is 37.6 Å². The maximum atomic E-state index is 5.95. The Morgan fingerprint density at radius 3 is 2.67 bits per heavy atom.